The molecule has 0 aliphatic rings. The number of rotatable bonds is 5. The molecule has 90 valence electrons. The average Bonchev–Trinajstić information content (AvgIpc) is 2.36. The second-order valence-electron chi connectivity index (χ2n) is 3.37. The zero-order valence-electron chi connectivity index (χ0n) is 9.69. The summed E-state index contributed by atoms with van der Waals surface area (Å²) in [4.78, 5) is 11.4. The molecule has 0 bridgehead atoms. The van der Waals surface area contributed by atoms with Gasteiger partial charge >= 0.3 is 6.03 Å². The van der Waals surface area contributed by atoms with Crippen molar-refractivity contribution in [1.82, 2.24) is 5.32 Å². The lowest BCUT2D eigenvalue weighted by Gasteiger charge is -2.07. The van der Waals surface area contributed by atoms with Crippen molar-refractivity contribution in [2.45, 2.75) is 12.8 Å². The highest BCUT2D eigenvalue weighted by Gasteiger charge is 2.00. The maximum Gasteiger partial charge on any atom is 0.319 e. The second-order valence-corrected chi connectivity index (χ2v) is 3.37. The molecule has 0 radical (unpaired) electrons. The van der Waals surface area contributed by atoms with Gasteiger partial charge in [-0.2, -0.15) is 5.26 Å². The third-order valence-electron chi connectivity index (χ3n) is 2.10. The normalized spacial score (nSPS) is 9.18. The fourth-order valence-corrected chi connectivity index (χ4v) is 1.22. The van der Waals surface area contributed by atoms with E-state index in [1.165, 1.54) is 0 Å². The Hall–Kier alpha value is -2.22. The molecule has 5 heteroatoms. The molecule has 1 aromatic carbocycles. The van der Waals surface area contributed by atoms with Crippen LogP contribution in [0.15, 0.2) is 24.3 Å². The van der Waals surface area contributed by atoms with E-state index in [9.17, 15) is 4.79 Å². The minimum Gasteiger partial charge on any atom is -0.497 e. The lowest BCUT2D eigenvalue weighted by Crippen LogP contribution is -2.29. The van der Waals surface area contributed by atoms with Crippen LogP contribution in [0.3, 0.4) is 0 Å². The number of benzene rings is 1. The Kier molecular flexibility index (Phi) is 5.38. The van der Waals surface area contributed by atoms with Crippen molar-refractivity contribution in [3.63, 3.8) is 0 Å². The van der Waals surface area contributed by atoms with E-state index in [1.807, 2.05) is 6.07 Å². The first kappa shape index (κ1) is 12.8. The molecular formula is C12H15N3O2. The monoisotopic (exact) mass is 233 g/mol. The van der Waals surface area contributed by atoms with Gasteiger partial charge in [-0.3, -0.25) is 0 Å². The molecule has 5 nitrogen and oxygen atoms in total. The van der Waals surface area contributed by atoms with Crippen LogP contribution in [0.5, 0.6) is 5.75 Å². The van der Waals surface area contributed by atoms with E-state index in [1.54, 1.807) is 31.4 Å². The van der Waals surface area contributed by atoms with Gasteiger partial charge in [0, 0.05) is 18.7 Å². The Morgan fingerprint density at radius 1 is 1.41 bits per heavy atom. The first-order chi connectivity index (χ1) is 8.26. The number of unbranched alkanes of at least 4 members (excludes halogenated alkanes) is 1. The summed E-state index contributed by atoms with van der Waals surface area (Å²) in [7, 11) is 1.59. The summed E-state index contributed by atoms with van der Waals surface area (Å²) in [5.74, 6) is 0.741. The highest BCUT2D eigenvalue weighted by Crippen LogP contribution is 2.14. The Bertz CT molecular complexity index is 395. The molecule has 0 saturated heterocycles. The maximum absolute atomic E-state index is 11.4. The molecule has 2 N–H and O–H groups in total. The number of nitriles is 1. The molecule has 0 saturated carbocycles. The van der Waals surface area contributed by atoms with Gasteiger partial charge in [-0.1, -0.05) is 0 Å². The largest absolute Gasteiger partial charge is 0.497 e. The Morgan fingerprint density at radius 2 is 2.12 bits per heavy atom. The van der Waals surface area contributed by atoms with Gasteiger partial charge in [-0.15, -0.1) is 0 Å². The second kappa shape index (κ2) is 7.12. The summed E-state index contributed by atoms with van der Waals surface area (Å²) in [6.07, 6.45) is 1.11. The molecule has 0 unspecified atom stereocenters. The number of anilines is 1. The number of ether oxygens (including phenoxy) is 1. The number of carbonyl (C=O) groups is 1. The first-order valence-electron chi connectivity index (χ1n) is 5.32. The summed E-state index contributed by atoms with van der Waals surface area (Å²) >= 11 is 0. The van der Waals surface area contributed by atoms with E-state index in [2.05, 4.69) is 10.6 Å². The van der Waals surface area contributed by atoms with Crippen LogP contribution in [0.1, 0.15) is 12.8 Å². The summed E-state index contributed by atoms with van der Waals surface area (Å²) in [5, 5.41) is 13.7. The molecule has 0 aliphatic heterocycles. The minimum absolute atomic E-state index is 0.270. The lowest BCUT2D eigenvalue weighted by atomic mass is 10.3. The Morgan fingerprint density at radius 3 is 2.71 bits per heavy atom. The van der Waals surface area contributed by atoms with Gasteiger partial charge in [-0.05, 0) is 30.7 Å². The van der Waals surface area contributed by atoms with Crippen LogP contribution in [-0.2, 0) is 0 Å². The number of hydrogen-bond acceptors (Lipinski definition) is 3. The van der Waals surface area contributed by atoms with E-state index >= 15 is 0 Å². The van der Waals surface area contributed by atoms with Gasteiger partial charge in [0.05, 0.1) is 13.2 Å². The lowest BCUT2D eigenvalue weighted by molar-refractivity contribution is 0.252. The average molecular weight is 233 g/mol. The van der Waals surface area contributed by atoms with Crippen LogP contribution < -0.4 is 15.4 Å². The van der Waals surface area contributed by atoms with E-state index in [0.29, 0.717) is 25.1 Å². The van der Waals surface area contributed by atoms with Crippen molar-refractivity contribution in [3.05, 3.63) is 24.3 Å². The van der Waals surface area contributed by atoms with Crippen molar-refractivity contribution in [3.8, 4) is 11.8 Å². The number of nitrogens with one attached hydrogen (secondary N) is 2. The van der Waals surface area contributed by atoms with Gasteiger partial charge < -0.3 is 15.4 Å². The van der Waals surface area contributed by atoms with Crippen molar-refractivity contribution in [2.75, 3.05) is 19.0 Å². The Balaban J connectivity index is 2.32. The van der Waals surface area contributed by atoms with E-state index in [0.717, 1.165) is 5.75 Å². The van der Waals surface area contributed by atoms with Crippen molar-refractivity contribution < 1.29 is 9.53 Å². The molecule has 0 heterocycles. The molecule has 0 fully saturated rings. The molecule has 2 amide bonds. The summed E-state index contributed by atoms with van der Waals surface area (Å²) < 4.78 is 5.01. The van der Waals surface area contributed by atoms with Gasteiger partial charge in [0.2, 0.25) is 0 Å². The number of hydrogen-bond donors (Lipinski definition) is 2. The predicted molar refractivity (Wildman–Crippen MR) is 64.9 cm³/mol. The van der Waals surface area contributed by atoms with E-state index in [-0.39, 0.29) is 6.03 Å². The van der Waals surface area contributed by atoms with E-state index < -0.39 is 0 Å². The van der Waals surface area contributed by atoms with Crippen LogP contribution in [0.4, 0.5) is 10.5 Å². The maximum atomic E-state index is 11.4. The number of urea groups is 1. The molecule has 0 aliphatic carbocycles. The Labute approximate surface area is 100 Å². The third kappa shape index (κ3) is 4.89. The number of nitrogens with zero attached hydrogens (tertiary/aromatic N) is 1. The highest BCUT2D eigenvalue weighted by atomic mass is 16.5. The quantitative estimate of drug-likeness (QED) is 0.765. The first-order valence-corrected chi connectivity index (χ1v) is 5.32. The highest BCUT2D eigenvalue weighted by molar-refractivity contribution is 5.89. The van der Waals surface area contributed by atoms with Crippen LogP contribution in [0.2, 0.25) is 0 Å². The van der Waals surface area contributed by atoms with Gasteiger partial charge in [0.25, 0.3) is 0 Å². The topological polar surface area (TPSA) is 74.2 Å². The smallest absolute Gasteiger partial charge is 0.319 e. The van der Waals surface area contributed by atoms with Gasteiger partial charge in [0.15, 0.2) is 0 Å². The molecule has 0 aromatic heterocycles. The molecule has 17 heavy (non-hydrogen) atoms. The predicted octanol–water partition coefficient (Wildman–Crippen LogP) is 2.12. The molecule has 1 rings (SSSR count). The standard InChI is InChI=1S/C12H15N3O2/c1-17-11-6-4-10(5-7-11)15-12(16)14-9-3-2-8-13/h4-7H,2-3,9H2,1H3,(H2,14,15,16). The molecule has 0 atom stereocenters. The fourth-order valence-electron chi connectivity index (χ4n) is 1.22. The molecule has 1 aromatic rings. The fraction of sp³-hybridized carbons (Fsp3) is 0.333. The van der Waals surface area contributed by atoms with Gasteiger partial charge in [0.1, 0.15) is 5.75 Å². The van der Waals surface area contributed by atoms with Crippen LogP contribution in [0.25, 0.3) is 0 Å². The number of methoxy groups -OCH3 is 1. The third-order valence-corrected chi connectivity index (χ3v) is 2.10. The number of carbonyl (C=O) groups excluding carboxylic acids is 1. The number of amides is 2. The zero-order valence-corrected chi connectivity index (χ0v) is 9.69. The minimum atomic E-state index is -0.270. The van der Waals surface area contributed by atoms with Gasteiger partial charge in [-0.25, -0.2) is 4.79 Å². The van der Waals surface area contributed by atoms with Crippen LogP contribution in [0, 0.1) is 11.3 Å². The van der Waals surface area contributed by atoms with Crippen molar-refractivity contribution in [1.29, 1.82) is 5.26 Å². The van der Waals surface area contributed by atoms with E-state index in [4.69, 9.17) is 10.00 Å². The van der Waals surface area contributed by atoms with Crippen molar-refractivity contribution >= 4 is 11.7 Å². The molecular weight excluding hydrogens is 218 g/mol. The zero-order chi connectivity index (χ0) is 12.5. The van der Waals surface area contributed by atoms with Crippen LogP contribution in [-0.4, -0.2) is 19.7 Å². The summed E-state index contributed by atoms with van der Waals surface area (Å²) in [5.41, 5.74) is 0.698. The summed E-state index contributed by atoms with van der Waals surface area (Å²) in [6, 6.07) is 8.80. The molecule has 0 spiro atoms. The van der Waals surface area contributed by atoms with Crippen LogP contribution >= 0.6 is 0 Å². The van der Waals surface area contributed by atoms with Crippen molar-refractivity contribution in [2.24, 2.45) is 0 Å². The summed E-state index contributed by atoms with van der Waals surface area (Å²) in [6.45, 7) is 0.496. The SMILES string of the molecule is COc1ccc(NC(=O)NCCCC#N)cc1.